The summed E-state index contributed by atoms with van der Waals surface area (Å²) in [6, 6.07) is 0. The van der Waals surface area contributed by atoms with E-state index in [1.54, 1.807) is 0 Å². The summed E-state index contributed by atoms with van der Waals surface area (Å²) in [6.07, 6.45) is 0. The molecular formula is C16H34INO3. The van der Waals surface area contributed by atoms with Gasteiger partial charge >= 0.3 is 138 Å². The van der Waals surface area contributed by atoms with Gasteiger partial charge in [0.25, 0.3) is 0 Å². The van der Waals surface area contributed by atoms with E-state index in [4.69, 9.17) is 9.47 Å². The first kappa shape index (κ1) is 21.3. The predicted octanol–water partition coefficient (Wildman–Crippen LogP) is 3.21. The van der Waals surface area contributed by atoms with Crippen LogP contribution in [-0.2, 0) is 14.3 Å². The average Bonchev–Trinajstić information content (AvgIpc) is 2.24. The summed E-state index contributed by atoms with van der Waals surface area (Å²) < 4.78 is 12.0. The molecule has 0 aromatic carbocycles. The molecule has 0 amide bonds. The van der Waals surface area contributed by atoms with E-state index in [0.717, 1.165) is 13.1 Å². The number of rotatable bonds is 9. The molecule has 0 atom stereocenters. The predicted molar refractivity (Wildman–Crippen MR) is 98.7 cm³/mol. The van der Waals surface area contributed by atoms with Crippen LogP contribution in [0, 0.1) is 0 Å². The molecule has 0 spiro atoms. The summed E-state index contributed by atoms with van der Waals surface area (Å²) >= 11 is -1.38. The van der Waals surface area contributed by atoms with Gasteiger partial charge in [0, 0.05) is 0 Å². The van der Waals surface area contributed by atoms with Gasteiger partial charge in [0.1, 0.15) is 0 Å². The van der Waals surface area contributed by atoms with Crippen LogP contribution in [0.5, 0.6) is 0 Å². The van der Waals surface area contributed by atoms with E-state index < -0.39 is 19.8 Å². The molecule has 0 aromatic rings. The Balaban J connectivity index is 4.30. The molecule has 0 aliphatic carbocycles. The van der Waals surface area contributed by atoms with Crippen molar-refractivity contribution in [3.05, 3.63) is 0 Å². The fourth-order valence-electron chi connectivity index (χ4n) is 1.53. The second-order valence-corrected chi connectivity index (χ2v) is 12.8. The molecule has 0 bridgehead atoms. The molecule has 128 valence electrons. The van der Waals surface area contributed by atoms with Crippen LogP contribution in [-0.4, -0.2) is 62.6 Å². The quantitative estimate of drug-likeness (QED) is 0.329. The van der Waals surface area contributed by atoms with Crippen LogP contribution in [0.3, 0.4) is 0 Å². The number of carbonyl (C=O) groups is 1. The van der Waals surface area contributed by atoms with Crippen molar-refractivity contribution < 1.29 is 14.3 Å². The molecule has 0 heterocycles. The van der Waals surface area contributed by atoms with Crippen LogP contribution in [0.1, 0.15) is 41.5 Å². The third kappa shape index (κ3) is 13.7. The van der Waals surface area contributed by atoms with Gasteiger partial charge in [0.05, 0.1) is 0 Å². The third-order valence-corrected chi connectivity index (χ3v) is 5.40. The van der Waals surface area contributed by atoms with Crippen molar-refractivity contribution in [2.45, 2.75) is 52.7 Å². The van der Waals surface area contributed by atoms with Gasteiger partial charge in [-0.2, -0.15) is 0 Å². The second kappa shape index (κ2) is 9.43. The first-order valence-electron chi connectivity index (χ1n) is 7.44. The van der Waals surface area contributed by atoms with Crippen molar-refractivity contribution >= 4 is 23.6 Å². The van der Waals surface area contributed by atoms with E-state index in [1.807, 2.05) is 41.5 Å². The summed E-state index contributed by atoms with van der Waals surface area (Å²) in [5, 5.41) is 0. The van der Waals surface area contributed by atoms with E-state index in [1.165, 1.54) is 0 Å². The molecule has 4 nitrogen and oxygen atoms in total. The van der Waals surface area contributed by atoms with Crippen molar-refractivity contribution in [2.75, 3.05) is 42.7 Å². The van der Waals surface area contributed by atoms with E-state index >= 15 is 0 Å². The maximum absolute atomic E-state index is 12.0. The van der Waals surface area contributed by atoms with Gasteiger partial charge in [-0.3, -0.25) is 0 Å². The van der Waals surface area contributed by atoms with Gasteiger partial charge in [-0.15, -0.1) is 0 Å². The van der Waals surface area contributed by atoms with Crippen LogP contribution in [0.25, 0.3) is 0 Å². The molecule has 0 rings (SSSR count). The van der Waals surface area contributed by atoms with Crippen LogP contribution < -0.4 is 0 Å². The van der Waals surface area contributed by atoms with E-state index in [-0.39, 0.29) is 11.2 Å². The molecule has 0 saturated heterocycles. The van der Waals surface area contributed by atoms with Crippen molar-refractivity contribution in [1.29, 1.82) is 0 Å². The van der Waals surface area contributed by atoms with Crippen molar-refractivity contribution in [3.8, 4) is 0 Å². The van der Waals surface area contributed by atoms with Crippen molar-refractivity contribution in [1.82, 2.24) is 4.90 Å². The Kier molecular flexibility index (Phi) is 9.55. The molecular weight excluding hydrogens is 381 g/mol. The molecule has 0 aromatic heterocycles. The molecule has 0 aliphatic heterocycles. The average molecular weight is 415 g/mol. The zero-order valence-corrected chi connectivity index (χ0v) is 17.2. The summed E-state index contributed by atoms with van der Waals surface area (Å²) in [6.45, 7) is 15.7. The fraction of sp³-hybridized carbons (Fsp3) is 0.938. The zero-order chi connectivity index (χ0) is 16.7. The Bertz CT molecular complexity index is 286. The number of hydrogen-bond donors (Lipinski definition) is 0. The van der Waals surface area contributed by atoms with Crippen molar-refractivity contribution in [2.24, 2.45) is 0 Å². The maximum atomic E-state index is 12.0. The molecule has 0 radical (unpaired) electrons. The standard InChI is InChI=1S/C16H34INO3/c1-15(2,3)20-11-9-18(13-14(19)17(7)8)10-12-21-16(4,5)6/h9-13H2,1-8H3. The van der Waals surface area contributed by atoms with Crippen LogP contribution >= 0.6 is 19.8 Å². The Morgan fingerprint density at radius 2 is 1.29 bits per heavy atom. The molecule has 0 saturated carbocycles. The number of carbonyl (C=O) groups excluding carboxylic acids is 1. The van der Waals surface area contributed by atoms with Crippen LogP contribution in [0.2, 0.25) is 0 Å². The number of hydrogen-bond acceptors (Lipinski definition) is 4. The molecule has 0 aliphatic rings. The summed E-state index contributed by atoms with van der Waals surface area (Å²) in [7, 11) is 0. The normalized spacial score (nSPS) is 13.7. The summed E-state index contributed by atoms with van der Waals surface area (Å²) in [5.41, 5.74) is -0.267. The summed E-state index contributed by atoms with van der Waals surface area (Å²) in [5.74, 6) is 0. The van der Waals surface area contributed by atoms with Crippen molar-refractivity contribution in [3.63, 3.8) is 0 Å². The van der Waals surface area contributed by atoms with Gasteiger partial charge < -0.3 is 0 Å². The van der Waals surface area contributed by atoms with E-state index in [0.29, 0.717) is 23.5 Å². The van der Waals surface area contributed by atoms with Crippen LogP contribution in [0.15, 0.2) is 0 Å². The monoisotopic (exact) mass is 415 g/mol. The molecule has 0 fully saturated rings. The topological polar surface area (TPSA) is 38.8 Å². The fourth-order valence-corrected chi connectivity index (χ4v) is 2.69. The third-order valence-electron chi connectivity index (χ3n) is 2.65. The molecule has 5 heteroatoms. The molecule has 0 unspecified atom stereocenters. The molecule has 21 heavy (non-hydrogen) atoms. The number of alkyl halides is 2. The number of ether oxygens (including phenoxy) is 2. The first-order chi connectivity index (χ1) is 9.41. The van der Waals surface area contributed by atoms with Gasteiger partial charge in [-0.05, 0) is 0 Å². The minimum absolute atomic E-state index is 0.133. The number of halogens is 1. The minimum atomic E-state index is -1.38. The Morgan fingerprint density at radius 1 is 0.905 bits per heavy atom. The van der Waals surface area contributed by atoms with Crippen LogP contribution in [0.4, 0.5) is 0 Å². The van der Waals surface area contributed by atoms with Gasteiger partial charge in [0.15, 0.2) is 0 Å². The number of nitrogens with zero attached hydrogens (tertiary/aromatic N) is 1. The SMILES string of the molecule is CI(C)C(=O)CN(CCOC(C)(C)C)CCOC(C)(C)C. The second-order valence-electron chi connectivity index (χ2n) is 7.31. The van der Waals surface area contributed by atoms with E-state index in [9.17, 15) is 4.79 Å². The Labute approximate surface area is 138 Å². The molecule has 0 N–H and O–H groups in total. The first-order valence-corrected chi connectivity index (χ1v) is 12.8. The van der Waals surface area contributed by atoms with Gasteiger partial charge in [-0.25, -0.2) is 0 Å². The Morgan fingerprint density at radius 3 is 1.57 bits per heavy atom. The zero-order valence-electron chi connectivity index (χ0n) is 15.1. The Hall–Kier alpha value is 0.280. The summed E-state index contributed by atoms with van der Waals surface area (Å²) in [4.78, 5) is 18.4. The van der Waals surface area contributed by atoms with Gasteiger partial charge in [-0.1, -0.05) is 0 Å². The van der Waals surface area contributed by atoms with E-state index in [2.05, 4.69) is 14.8 Å². The van der Waals surface area contributed by atoms with Gasteiger partial charge in [0.2, 0.25) is 0 Å².